The molecule has 4 rings (SSSR count). The second kappa shape index (κ2) is 8.93. The number of fused-ring (bicyclic) bond motifs is 1. The highest BCUT2D eigenvalue weighted by Gasteiger charge is 2.16. The lowest BCUT2D eigenvalue weighted by molar-refractivity contribution is 0.419. The lowest BCUT2D eigenvalue weighted by Gasteiger charge is -2.22. The van der Waals surface area contributed by atoms with Crippen molar-refractivity contribution in [3.05, 3.63) is 102 Å². The van der Waals surface area contributed by atoms with E-state index in [-0.39, 0.29) is 6.04 Å². The molecule has 2 N–H and O–H groups in total. The van der Waals surface area contributed by atoms with Crippen LogP contribution < -0.4 is 15.4 Å². The highest BCUT2D eigenvalue weighted by molar-refractivity contribution is 7.80. The molecule has 30 heavy (non-hydrogen) atoms. The van der Waals surface area contributed by atoms with Crippen LogP contribution in [0.15, 0.2) is 85.1 Å². The average molecular weight is 414 g/mol. The molecular weight excluding hydrogens is 390 g/mol. The van der Waals surface area contributed by atoms with Crippen LogP contribution in [0.4, 0.5) is 5.69 Å². The van der Waals surface area contributed by atoms with Gasteiger partial charge in [0.15, 0.2) is 5.11 Å². The summed E-state index contributed by atoms with van der Waals surface area (Å²) in [6, 6.07) is 26.5. The summed E-state index contributed by atoms with van der Waals surface area (Å²) in [5.41, 5.74) is 5.20. The number of thiocarbonyl (C=S) groups is 1. The number of hydrogen-bond acceptors (Lipinski definition) is 3. The van der Waals surface area contributed by atoms with Gasteiger partial charge in [0.1, 0.15) is 11.3 Å². The minimum absolute atomic E-state index is 0.0607. The van der Waals surface area contributed by atoms with Gasteiger partial charge in [-0.1, -0.05) is 60.2 Å². The molecule has 1 atom stereocenters. The molecule has 0 saturated heterocycles. The van der Waals surface area contributed by atoms with Gasteiger partial charge < -0.3 is 15.4 Å². The van der Waals surface area contributed by atoms with E-state index in [0.29, 0.717) is 5.11 Å². The van der Waals surface area contributed by atoms with Crippen LogP contribution in [0.5, 0.6) is 5.75 Å². The summed E-state index contributed by atoms with van der Waals surface area (Å²) in [5, 5.41) is 8.31. The Morgan fingerprint density at radius 2 is 1.63 bits per heavy atom. The van der Waals surface area contributed by atoms with Crippen LogP contribution in [0.1, 0.15) is 22.7 Å². The molecule has 0 spiro atoms. The minimum Gasteiger partial charge on any atom is -0.494 e. The Labute approximate surface area is 181 Å². The summed E-state index contributed by atoms with van der Waals surface area (Å²) in [6.45, 7) is 2.09. The first-order valence-corrected chi connectivity index (χ1v) is 10.2. The fourth-order valence-electron chi connectivity index (χ4n) is 3.47. The van der Waals surface area contributed by atoms with Gasteiger partial charge >= 0.3 is 0 Å². The summed E-state index contributed by atoms with van der Waals surface area (Å²) in [5.74, 6) is 0.733. The number of aromatic nitrogens is 1. The normalized spacial score (nSPS) is 11.7. The monoisotopic (exact) mass is 413 g/mol. The Morgan fingerprint density at radius 3 is 2.37 bits per heavy atom. The molecule has 1 heterocycles. The van der Waals surface area contributed by atoms with Crippen LogP contribution in [0.25, 0.3) is 10.9 Å². The molecule has 3 aromatic carbocycles. The van der Waals surface area contributed by atoms with E-state index in [1.165, 1.54) is 5.56 Å². The Bertz CT molecular complexity index is 1160. The van der Waals surface area contributed by atoms with Crippen molar-refractivity contribution in [1.82, 2.24) is 10.3 Å². The molecule has 150 valence electrons. The summed E-state index contributed by atoms with van der Waals surface area (Å²) < 4.78 is 5.44. The van der Waals surface area contributed by atoms with Gasteiger partial charge in [0.05, 0.1) is 13.2 Å². The molecule has 0 aliphatic carbocycles. The van der Waals surface area contributed by atoms with Crippen LogP contribution in [0.3, 0.4) is 0 Å². The lowest BCUT2D eigenvalue weighted by atomic mass is 9.98. The van der Waals surface area contributed by atoms with E-state index in [1.54, 1.807) is 13.3 Å². The number of nitrogens with zero attached hydrogens (tertiary/aromatic N) is 1. The Kier molecular flexibility index (Phi) is 5.91. The van der Waals surface area contributed by atoms with Crippen LogP contribution in [0, 0.1) is 6.92 Å². The number of pyridine rings is 1. The Hall–Kier alpha value is -3.44. The first-order valence-electron chi connectivity index (χ1n) is 9.76. The number of rotatable bonds is 5. The molecule has 0 fully saturated rings. The highest BCUT2D eigenvalue weighted by Crippen LogP contribution is 2.30. The van der Waals surface area contributed by atoms with Gasteiger partial charge in [0.2, 0.25) is 0 Å². The van der Waals surface area contributed by atoms with Crippen molar-refractivity contribution in [3.8, 4) is 5.75 Å². The summed E-state index contributed by atoms with van der Waals surface area (Å²) >= 11 is 5.69. The summed E-state index contributed by atoms with van der Waals surface area (Å²) in [6.07, 6.45) is 1.76. The zero-order valence-corrected chi connectivity index (χ0v) is 17.7. The predicted molar refractivity (Wildman–Crippen MR) is 127 cm³/mol. The third-order valence-electron chi connectivity index (χ3n) is 5.02. The molecule has 0 unspecified atom stereocenters. The quantitative estimate of drug-likeness (QED) is 0.415. The standard InChI is InChI=1S/C25H23N3OS/c1-17-10-12-19(13-11-17)23(18-7-4-3-5-8-18)28-25(30)27-21-14-15-22(29-2)24-20(21)9-6-16-26-24/h3-16,23H,1-2H3,(H2,27,28,30)/t23-/m1/s1. The van der Waals surface area contributed by atoms with Gasteiger partial charge in [-0.15, -0.1) is 0 Å². The average Bonchev–Trinajstić information content (AvgIpc) is 2.79. The van der Waals surface area contributed by atoms with Crippen LogP contribution in [-0.2, 0) is 0 Å². The number of nitrogens with one attached hydrogen (secondary N) is 2. The molecule has 0 bridgehead atoms. The number of hydrogen-bond donors (Lipinski definition) is 2. The fourth-order valence-corrected chi connectivity index (χ4v) is 3.70. The van der Waals surface area contributed by atoms with Crippen LogP contribution >= 0.6 is 12.2 Å². The molecule has 0 radical (unpaired) electrons. The van der Waals surface area contributed by atoms with E-state index in [1.807, 2.05) is 42.5 Å². The van der Waals surface area contributed by atoms with Crippen molar-refractivity contribution in [2.75, 3.05) is 12.4 Å². The third-order valence-corrected chi connectivity index (χ3v) is 5.24. The first-order chi connectivity index (χ1) is 14.7. The van der Waals surface area contributed by atoms with Gasteiger partial charge in [0, 0.05) is 17.3 Å². The fraction of sp³-hybridized carbons (Fsp3) is 0.120. The largest absolute Gasteiger partial charge is 0.494 e. The van der Waals surface area contributed by atoms with E-state index in [0.717, 1.165) is 33.5 Å². The van der Waals surface area contributed by atoms with Gasteiger partial charge in [-0.25, -0.2) is 0 Å². The van der Waals surface area contributed by atoms with Gasteiger partial charge in [0.25, 0.3) is 0 Å². The Morgan fingerprint density at radius 1 is 0.900 bits per heavy atom. The van der Waals surface area contributed by atoms with Crippen molar-refractivity contribution >= 4 is 33.9 Å². The molecule has 0 aliphatic rings. The Balaban J connectivity index is 1.62. The van der Waals surface area contributed by atoms with E-state index in [9.17, 15) is 0 Å². The van der Waals surface area contributed by atoms with E-state index in [4.69, 9.17) is 17.0 Å². The maximum atomic E-state index is 5.69. The molecule has 0 amide bonds. The maximum absolute atomic E-state index is 5.69. The predicted octanol–water partition coefficient (Wildman–Crippen LogP) is 5.63. The van der Waals surface area contributed by atoms with Crippen molar-refractivity contribution in [3.63, 3.8) is 0 Å². The summed E-state index contributed by atoms with van der Waals surface area (Å²) in [7, 11) is 1.65. The minimum atomic E-state index is -0.0607. The summed E-state index contributed by atoms with van der Waals surface area (Å²) in [4.78, 5) is 4.46. The third kappa shape index (κ3) is 4.26. The molecule has 4 nitrogen and oxygen atoms in total. The van der Waals surface area contributed by atoms with Gasteiger partial charge in [-0.2, -0.15) is 0 Å². The maximum Gasteiger partial charge on any atom is 0.171 e. The number of benzene rings is 3. The number of aryl methyl sites for hydroxylation is 1. The number of methoxy groups -OCH3 is 1. The zero-order chi connectivity index (χ0) is 20.9. The van der Waals surface area contributed by atoms with Crippen molar-refractivity contribution in [2.24, 2.45) is 0 Å². The van der Waals surface area contributed by atoms with Gasteiger partial charge in [-0.05, 0) is 54.5 Å². The van der Waals surface area contributed by atoms with Crippen LogP contribution in [-0.4, -0.2) is 17.2 Å². The number of anilines is 1. The molecule has 4 aromatic rings. The van der Waals surface area contributed by atoms with Crippen LogP contribution in [0.2, 0.25) is 0 Å². The SMILES string of the molecule is COc1ccc(NC(=S)N[C@H](c2ccccc2)c2ccc(C)cc2)c2cccnc12. The highest BCUT2D eigenvalue weighted by atomic mass is 32.1. The zero-order valence-electron chi connectivity index (χ0n) is 16.9. The second-order valence-corrected chi connectivity index (χ2v) is 7.48. The smallest absolute Gasteiger partial charge is 0.171 e. The number of ether oxygens (including phenoxy) is 1. The van der Waals surface area contributed by atoms with E-state index >= 15 is 0 Å². The van der Waals surface area contributed by atoms with Crippen molar-refractivity contribution in [2.45, 2.75) is 13.0 Å². The van der Waals surface area contributed by atoms with Crippen molar-refractivity contribution < 1.29 is 4.74 Å². The van der Waals surface area contributed by atoms with E-state index < -0.39 is 0 Å². The lowest BCUT2D eigenvalue weighted by Crippen LogP contribution is -2.33. The molecule has 1 aromatic heterocycles. The topological polar surface area (TPSA) is 46.2 Å². The van der Waals surface area contributed by atoms with E-state index in [2.05, 4.69) is 58.9 Å². The molecule has 0 aliphatic heterocycles. The molecule has 5 heteroatoms. The molecule has 0 saturated carbocycles. The van der Waals surface area contributed by atoms with Gasteiger partial charge in [-0.3, -0.25) is 4.98 Å². The van der Waals surface area contributed by atoms with Crippen molar-refractivity contribution in [1.29, 1.82) is 0 Å². The molecular formula is C25H23N3OS. The second-order valence-electron chi connectivity index (χ2n) is 7.07. The first kappa shape index (κ1) is 19.9.